The summed E-state index contributed by atoms with van der Waals surface area (Å²) in [6.45, 7) is 0. The van der Waals surface area contributed by atoms with Crippen LogP contribution < -0.4 is 26.2 Å². The van der Waals surface area contributed by atoms with Crippen molar-refractivity contribution in [2.75, 3.05) is 12.4 Å². The zero-order chi connectivity index (χ0) is 28.3. The van der Waals surface area contributed by atoms with Crippen molar-refractivity contribution in [2.45, 2.75) is 12.5 Å². The highest BCUT2D eigenvalue weighted by atomic mass is 16.5. The fraction of sp³-hybridized carbons (Fsp3) is 0.0968. The van der Waals surface area contributed by atoms with Crippen molar-refractivity contribution in [1.82, 2.24) is 16.2 Å². The van der Waals surface area contributed by atoms with Crippen LogP contribution in [0.3, 0.4) is 0 Å². The molecule has 40 heavy (non-hydrogen) atoms. The van der Waals surface area contributed by atoms with E-state index in [1.54, 1.807) is 78.9 Å². The number of amides is 4. The van der Waals surface area contributed by atoms with Crippen LogP contribution in [0.15, 0.2) is 109 Å². The Labute approximate surface area is 231 Å². The smallest absolute Gasteiger partial charge is 0.269 e. The molecule has 9 heteroatoms. The first-order valence-electron chi connectivity index (χ1n) is 12.5. The molecule has 4 aromatic rings. The number of hydrogen-bond acceptors (Lipinski definition) is 5. The van der Waals surface area contributed by atoms with Gasteiger partial charge in [0.1, 0.15) is 11.8 Å². The summed E-state index contributed by atoms with van der Waals surface area (Å²) in [6, 6.07) is 29.6. The third-order valence-electron chi connectivity index (χ3n) is 6.01. The van der Waals surface area contributed by atoms with Crippen LogP contribution >= 0.6 is 0 Å². The molecule has 4 amide bonds. The van der Waals surface area contributed by atoms with Gasteiger partial charge >= 0.3 is 0 Å². The van der Waals surface area contributed by atoms with Crippen molar-refractivity contribution < 1.29 is 23.9 Å². The van der Waals surface area contributed by atoms with E-state index in [0.29, 0.717) is 22.6 Å². The summed E-state index contributed by atoms with van der Waals surface area (Å²) in [7, 11) is 1.52. The van der Waals surface area contributed by atoms with Gasteiger partial charge < -0.3 is 15.4 Å². The number of para-hydroxylation sites is 1. The number of ether oxygens (including phenoxy) is 1. The van der Waals surface area contributed by atoms with Crippen LogP contribution in [0.1, 0.15) is 36.6 Å². The lowest BCUT2D eigenvalue weighted by Gasteiger charge is -2.20. The van der Waals surface area contributed by atoms with Gasteiger partial charge in [-0.2, -0.15) is 0 Å². The van der Waals surface area contributed by atoms with E-state index in [2.05, 4.69) is 21.5 Å². The normalized spacial score (nSPS) is 11.0. The Hall–Kier alpha value is -5.44. The quantitative estimate of drug-likeness (QED) is 0.243. The number of hydrogen-bond donors (Lipinski definition) is 4. The summed E-state index contributed by atoms with van der Waals surface area (Å²) in [4.78, 5) is 51.8. The van der Waals surface area contributed by atoms with Crippen molar-refractivity contribution in [1.29, 1.82) is 0 Å². The van der Waals surface area contributed by atoms with Crippen molar-refractivity contribution in [3.05, 3.63) is 131 Å². The number of methoxy groups -OCH3 is 1. The third kappa shape index (κ3) is 7.32. The van der Waals surface area contributed by atoms with Gasteiger partial charge in [-0.05, 0) is 54.1 Å². The number of anilines is 1. The highest BCUT2D eigenvalue weighted by Crippen LogP contribution is 2.17. The molecule has 0 aromatic heterocycles. The predicted molar refractivity (Wildman–Crippen MR) is 151 cm³/mol. The van der Waals surface area contributed by atoms with Crippen LogP contribution in [0.25, 0.3) is 0 Å². The lowest BCUT2D eigenvalue weighted by molar-refractivity contribution is -0.123. The lowest BCUT2D eigenvalue weighted by Crippen LogP contribution is -2.53. The number of hydrazine groups is 1. The van der Waals surface area contributed by atoms with E-state index in [1.165, 1.54) is 7.11 Å². The molecule has 0 radical (unpaired) electrons. The molecule has 0 bridgehead atoms. The van der Waals surface area contributed by atoms with Gasteiger partial charge in [0, 0.05) is 17.5 Å². The molecule has 0 unspecified atom stereocenters. The molecule has 0 saturated carbocycles. The first-order valence-corrected chi connectivity index (χ1v) is 12.5. The number of nitrogens with one attached hydrogen (secondary N) is 4. The number of rotatable bonds is 9. The van der Waals surface area contributed by atoms with Crippen LogP contribution in [0, 0.1) is 0 Å². The molecule has 0 aliphatic rings. The molecule has 0 aliphatic heterocycles. The van der Waals surface area contributed by atoms with Gasteiger partial charge in [-0.1, -0.05) is 60.7 Å². The van der Waals surface area contributed by atoms with E-state index in [4.69, 9.17) is 4.74 Å². The second-order valence-corrected chi connectivity index (χ2v) is 8.75. The minimum Gasteiger partial charge on any atom is -0.497 e. The van der Waals surface area contributed by atoms with Crippen LogP contribution in [0.4, 0.5) is 5.69 Å². The number of carbonyl (C=O) groups excluding carboxylic acids is 4. The first-order chi connectivity index (χ1) is 19.4. The van der Waals surface area contributed by atoms with E-state index < -0.39 is 23.8 Å². The van der Waals surface area contributed by atoms with Crippen LogP contribution in [-0.4, -0.2) is 36.8 Å². The fourth-order valence-electron chi connectivity index (χ4n) is 3.89. The van der Waals surface area contributed by atoms with Gasteiger partial charge in [0.25, 0.3) is 23.6 Å². The molecule has 4 aromatic carbocycles. The maximum absolute atomic E-state index is 13.4. The topological polar surface area (TPSA) is 126 Å². The summed E-state index contributed by atoms with van der Waals surface area (Å²) >= 11 is 0. The Morgan fingerprint density at radius 1 is 0.650 bits per heavy atom. The summed E-state index contributed by atoms with van der Waals surface area (Å²) in [5.41, 5.74) is 6.81. The van der Waals surface area contributed by atoms with Crippen molar-refractivity contribution in [3.63, 3.8) is 0 Å². The second-order valence-electron chi connectivity index (χ2n) is 8.75. The second kappa shape index (κ2) is 13.4. The van der Waals surface area contributed by atoms with Gasteiger partial charge in [-0.3, -0.25) is 30.0 Å². The van der Waals surface area contributed by atoms with E-state index in [9.17, 15) is 19.2 Å². The number of carbonyl (C=O) groups is 4. The van der Waals surface area contributed by atoms with Gasteiger partial charge in [0.2, 0.25) is 0 Å². The molecule has 0 aliphatic carbocycles. The fourth-order valence-corrected chi connectivity index (χ4v) is 3.89. The molecule has 0 saturated heterocycles. The van der Waals surface area contributed by atoms with Crippen LogP contribution in [0.5, 0.6) is 5.75 Å². The lowest BCUT2D eigenvalue weighted by atomic mass is 10.0. The van der Waals surface area contributed by atoms with Gasteiger partial charge in [0.05, 0.1) is 18.4 Å². The average molecular weight is 537 g/mol. The molecule has 0 heterocycles. The monoisotopic (exact) mass is 536 g/mol. The highest BCUT2D eigenvalue weighted by Gasteiger charge is 2.24. The van der Waals surface area contributed by atoms with Crippen molar-refractivity contribution in [3.8, 4) is 5.75 Å². The summed E-state index contributed by atoms with van der Waals surface area (Å²) < 4.78 is 5.10. The summed E-state index contributed by atoms with van der Waals surface area (Å²) in [5.74, 6) is -1.51. The maximum Gasteiger partial charge on any atom is 0.269 e. The first kappa shape index (κ1) is 27.6. The molecule has 0 spiro atoms. The molecule has 4 N–H and O–H groups in total. The van der Waals surface area contributed by atoms with Crippen LogP contribution in [-0.2, 0) is 11.2 Å². The standard InChI is InChI=1S/C31H28N4O5/c1-40-24-18-16-23(17-19-24)29(37)34-35-31(39)27(20-21-10-4-2-5-11-21)33-30(38)25-14-8-9-15-26(25)32-28(36)22-12-6-3-7-13-22/h2-19,27H,20H2,1H3,(H,32,36)(H,33,38)(H,34,37)(H,35,39)/t27-/m0/s1. The molecule has 202 valence electrons. The van der Waals surface area contributed by atoms with E-state index >= 15 is 0 Å². The molecule has 9 nitrogen and oxygen atoms in total. The molecular weight excluding hydrogens is 508 g/mol. The Balaban J connectivity index is 1.48. The molecule has 4 rings (SSSR count). The minimum absolute atomic E-state index is 0.162. The Morgan fingerprint density at radius 2 is 1.25 bits per heavy atom. The SMILES string of the molecule is COc1ccc(C(=O)NNC(=O)[C@H](Cc2ccccc2)NC(=O)c2ccccc2NC(=O)c2ccccc2)cc1. The third-order valence-corrected chi connectivity index (χ3v) is 6.01. The predicted octanol–water partition coefficient (Wildman–Crippen LogP) is 3.75. The van der Waals surface area contributed by atoms with E-state index in [-0.39, 0.29) is 17.9 Å². The zero-order valence-corrected chi connectivity index (χ0v) is 21.7. The summed E-state index contributed by atoms with van der Waals surface area (Å²) in [6.07, 6.45) is 0.162. The zero-order valence-electron chi connectivity index (χ0n) is 21.7. The van der Waals surface area contributed by atoms with E-state index in [0.717, 1.165) is 5.56 Å². The Morgan fingerprint density at radius 3 is 1.93 bits per heavy atom. The van der Waals surface area contributed by atoms with Gasteiger partial charge in [-0.25, -0.2) is 0 Å². The minimum atomic E-state index is -1.04. The summed E-state index contributed by atoms with van der Waals surface area (Å²) in [5, 5.41) is 5.50. The largest absolute Gasteiger partial charge is 0.497 e. The van der Waals surface area contributed by atoms with E-state index in [1.807, 2.05) is 30.3 Å². The molecule has 1 atom stereocenters. The van der Waals surface area contributed by atoms with Crippen molar-refractivity contribution in [2.24, 2.45) is 0 Å². The molecular formula is C31H28N4O5. The maximum atomic E-state index is 13.4. The highest BCUT2D eigenvalue weighted by molar-refractivity contribution is 6.09. The average Bonchev–Trinajstić information content (AvgIpc) is 3.00. The van der Waals surface area contributed by atoms with Gasteiger partial charge in [-0.15, -0.1) is 0 Å². The van der Waals surface area contributed by atoms with Crippen molar-refractivity contribution >= 4 is 29.3 Å². The van der Waals surface area contributed by atoms with Gasteiger partial charge in [0.15, 0.2) is 0 Å². The van der Waals surface area contributed by atoms with Crippen LogP contribution in [0.2, 0.25) is 0 Å². The Kier molecular flexibility index (Phi) is 9.23. The molecule has 0 fully saturated rings. The Bertz CT molecular complexity index is 1470. The number of benzene rings is 4.